The number of rotatable bonds is 2. The molecule has 1 saturated carbocycles. The summed E-state index contributed by atoms with van der Waals surface area (Å²) in [6, 6.07) is 0. The summed E-state index contributed by atoms with van der Waals surface area (Å²) in [5, 5.41) is 17.8. The highest BCUT2D eigenvalue weighted by molar-refractivity contribution is 4.67. The molecule has 0 radical (unpaired) electrons. The third-order valence-corrected chi connectivity index (χ3v) is 2.29. The van der Waals surface area contributed by atoms with E-state index in [0.29, 0.717) is 6.42 Å². The molecule has 1 rings (SSSR count). The van der Waals surface area contributed by atoms with Gasteiger partial charge in [-0.25, -0.2) is 0 Å². The molecule has 2 heteroatoms. The van der Waals surface area contributed by atoms with Crippen LogP contribution in [0.4, 0.5) is 0 Å². The van der Waals surface area contributed by atoms with Gasteiger partial charge in [-0.1, -0.05) is 38.5 Å². The highest BCUT2D eigenvalue weighted by atomic mass is 16.3. The lowest BCUT2D eigenvalue weighted by molar-refractivity contribution is 0.0249. The number of hydrogen-bond donors (Lipinski definition) is 2. The predicted molar refractivity (Wildman–Crippen MR) is 60.3 cm³/mol. The molecule has 0 aromatic carbocycles. The van der Waals surface area contributed by atoms with Gasteiger partial charge in [-0.15, -0.1) is 0 Å². The summed E-state index contributed by atoms with van der Waals surface area (Å²) >= 11 is 0. The van der Waals surface area contributed by atoms with Gasteiger partial charge in [0.25, 0.3) is 0 Å². The standard InChI is InChI=1S/C6H14O2.C6H12/c1-5(7)4-6(2,3)8;1-2-4-6-5-3-1/h5,7-8H,4H2,1-3H3;1-6H2. The molecule has 0 heterocycles. The summed E-state index contributed by atoms with van der Waals surface area (Å²) in [6.45, 7) is 5.03. The zero-order valence-corrected chi connectivity index (χ0v) is 9.92. The topological polar surface area (TPSA) is 40.5 Å². The molecule has 1 fully saturated rings. The van der Waals surface area contributed by atoms with E-state index in [1.54, 1.807) is 20.8 Å². The van der Waals surface area contributed by atoms with E-state index < -0.39 is 11.7 Å². The maximum absolute atomic E-state index is 9.03. The monoisotopic (exact) mass is 202 g/mol. The van der Waals surface area contributed by atoms with Gasteiger partial charge in [-0.3, -0.25) is 0 Å². The van der Waals surface area contributed by atoms with Crippen molar-refractivity contribution in [2.75, 3.05) is 0 Å². The fourth-order valence-corrected chi connectivity index (χ4v) is 1.78. The molecule has 86 valence electrons. The van der Waals surface area contributed by atoms with Gasteiger partial charge in [-0.2, -0.15) is 0 Å². The third kappa shape index (κ3) is 11.9. The van der Waals surface area contributed by atoms with Crippen molar-refractivity contribution >= 4 is 0 Å². The second kappa shape index (κ2) is 7.24. The Morgan fingerprint density at radius 2 is 1.29 bits per heavy atom. The summed E-state index contributed by atoms with van der Waals surface area (Å²) in [5.41, 5.74) is -0.728. The van der Waals surface area contributed by atoms with Crippen molar-refractivity contribution in [2.24, 2.45) is 0 Å². The zero-order chi connectivity index (χ0) is 11.0. The summed E-state index contributed by atoms with van der Waals surface area (Å²) in [4.78, 5) is 0. The molecule has 14 heavy (non-hydrogen) atoms. The van der Waals surface area contributed by atoms with Crippen LogP contribution >= 0.6 is 0 Å². The van der Waals surface area contributed by atoms with Crippen molar-refractivity contribution in [2.45, 2.75) is 77.4 Å². The lowest BCUT2D eigenvalue weighted by atomic mass is 10.0. The largest absolute Gasteiger partial charge is 0.393 e. The van der Waals surface area contributed by atoms with Crippen LogP contribution in [-0.4, -0.2) is 21.9 Å². The minimum absolute atomic E-state index is 0.407. The maximum Gasteiger partial charge on any atom is 0.0616 e. The van der Waals surface area contributed by atoms with Gasteiger partial charge in [0.05, 0.1) is 11.7 Å². The van der Waals surface area contributed by atoms with Crippen LogP contribution in [0.25, 0.3) is 0 Å². The van der Waals surface area contributed by atoms with Crippen LogP contribution in [0, 0.1) is 0 Å². The van der Waals surface area contributed by atoms with E-state index in [9.17, 15) is 0 Å². The van der Waals surface area contributed by atoms with Gasteiger partial charge in [0.2, 0.25) is 0 Å². The molecule has 1 aliphatic rings. The molecular weight excluding hydrogens is 176 g/mol. The van der Waals surface area contributed by atoms with Gasteiger partial charge < -0.3 is 10.2 Å². The zero-order valence-electron chi connectivity index (χ0n) is 9.92. The minimum atomic E-state index is -0.728. The lowest BCUT2D eigenvalue weighted by Gasteiger charge is -2.17. The first-order valence-corrected chi connectivity index (χ1v) is 5.82. The highest BCUT2D eigenvalue weighted by Crippen LogP contribution is 2.15. The molecular formula is C12H26O2. The molecule has 0 aliphatic heterocycles. The number of hydrogen-bond acceptors (Lipinski definition) is 2. The Morgan fingerprint density at radius 3 is 1.36 bits per heavy atom. The summed E-state index contributed by atoms with van der Waals surface area (Å²) in [7, 11) is 0. The van der Waals surface area contributed by atoms with Crippen molar-refractivity contribution in [1.82, 2.24) is 0 Å². The fraction of sp³-hybridized carbons (Fsp3) is 1.00. The van der Waals surface area contributed by atoms with E-state index in [0.717, 1.165) is 0 Å². The Balaban J connectivity index is 0.000000249. The summed E-state index contributed by atoms with van der Waals surface area (Å²) < 4.78 is 0. The van der Waals surface area contributed by atoms with Crippen LogP contribution < -0.4 is 0 Å². The average molecular weight is 202 g/mol. The second-order valence-electron chi connectivity index (χ2n) is 4.99. The third-order valence-electron chi connectivity index (χ3n) is 2.29. The van der Waals surface area contributed by atoms with Crippen LogP contribution in [0.1, 0.15) is 65.7 Å². The molecule has 1 atom stereocenters. The van der Waals surface area contributed by atoms with Crippen molar-refractivity contribution in [1.29, 1.82) is 0 Å². The van der Waals surface area contributed by atoms with Gasteiger partial charge in [0.1, 0.15) is 0 Å². The predicted octanol–water partition coefficient (Wildman–Crippen LogP) is 2.87. The Kier molecular flexibility index (Phi) is 7.20. The number of aliphatic hydroxyl groups excluding tert-OH is 1. The van der Waals surface area contributed by atoms with E-state index in [-0.39, 0.29) is 0 Å². The molecule has 2 nitrogen and oxygen atoms in total. The van der Waals surface area contributed by atoms with Crippen molar-refractivity contribution in [3.8, 4) is 0 Å². The van der Waals surface area contributed by atoms with Crippen LogP contribution in [-0.2, 0) is 0 Å². The van der Waals surface area contributed by atoms with E-state index in [1.807, 2.05) is 0 Å². The average Bonchev–Trinajstić information content (AvgIpc) is 2.03. The van der Waals surface area contributed by atoms with Gasteiger partial charge in [0.15, 0.2) is 0 Å². The quantitative estimate of drug-likeness (QED) is 0.723. The van der Waals surface area contributed by atoms with E-state index in [1.165, 1.54) is 38.5 Å². The SMILES string of the molecule is C1CCCCC1.CC(O)CC(C)(C)O. The maximum atomic E-state index is 9.03. The van der Waals surface area contributed by atoms with Crippen LogP contribution in [0.3, 0.4) is 0 Å². The van der Waals surface area contributed by atoms with E-state index in [2.05, 4.69) is 0 Å². The molecule has 0 saturated heterocycles. The molecule has 0 amide bonds. The normalized spacial score (nSPS) is 19.5. The van der Waals surface area contributed by atoms with Crippen molar-refractivity contribution in [3.05, 3.63) is 0 Å². The summed E-state index contributed by atoms with van der Waals surface area (Å²) in [5.74, 6) is 0. The molecule has 1 unspecified atom stereocenters. The Morgan fingerprint density at radius 1 is 1.00 bits per heavy atom. The Labute approximate surface area is 88.3 Å². The van der Waals surface area contributed by atoms with Gasteiger partial charge in [-0.05, 0) is 20.8 Å². The Bertz CT molecular complexity index is 109. The molecule has 0 aromatic heterocycles. The minimum Gasteiger partial charge on any atom is -0.393 e. The number of aliphatic hydroxyl groups is 2. The van der Waals surface area contributed by atoms with E-state index >= 15 is 0 Å². The summed E-state index contributed by atoms with van der Waals surface area (Å²) in [6.07, 6.45) is 9.03. The first kappa shape index (κ1) is 13.9. The first-order chi connectivity index (χ1) is 6.42. The first-order valence-electron chi connectivity index (χ1n) is 5.82. The van der Waals surface area contributed by atoms with Crippen molar-refractivity contribution in [3.63, 3.8) is 0 Å². The van der Waals surface area contributed by atoms with Crippen LogP contribution in [0.5, 0.6) is 0 Å². The smallest absolute Gasteiger partial charge is 0.0616 e. The van der Waals surface area contributed by atoms with Gasteiger partial charge >= 0.3 is 0 Å². The molecule has 2 N–H and O–H groups in total. The Hall–Kier alpha value is -0.0800. The fourth-order valence-electron chi connectivity index (χ4n) is 1.78. The van der Waals surface area contributed by atoms with Crippen LogP contribution in [0.2, 0.25) is 0 Å². The second-order valence-corrected chi connectivity index (χ2v) is 4.99. The molecule has 0 spiro atoms. The molecule has 0 bridgehead atoms. The lowest BCUT2D eigenvalue weighted by Crippen LogP contribution is -2.24. The van der Waals surface area contributed by atoms with Crippen LogP contribution in [0.15, 0.2) is 0 Å². The van der Waals surface area contributed by atoms with Crippen molar-refractivity contribution < 1.29 is 10.2 Å². The molecule has 1 aliphatic carbocycles. The van der Waals surface area contributed by atoms with Gasteiger partial charge in [0, 0.05) is 6.42 Å². The highest BCUT2D eigenvalue weighted by Gasteiger charge is 2.14. The molecule has 0 aromatic rings. The van der Waals surface area contributed by atoms with E-state index in [4.69, 9.17) is 10.2 Å².